The molecule has 1 aromatic heterocycles. The molecule has 0 radical (unpaired) electrons. The molecule has 0 saturated heterocycles. The zero-order valence-corrected chi connectivity index (χ0v) is 11.7. The summed E-state index contributed by atoms with van der Waals surface area (Å²) < 4.78 is 11.0. The Morgan fingerprint density at radius 3 is 2.65 bits per heavy atom. The average molecular weight is 273 g/mol. The van der Waals surface area contributed by atoms with Crippen molar-refractivity contribution >= 4 is 0 Å². The van der Waals surface area contributed by atoms with Crippen LogP contribution in [-0.4, -0.2) is 23.1 Å². The summed E-state index contributed by atoms with van der Waals surface area (Å²) in [5.41, 5.74) is 6.91. The molecule has 106 valence electrons. The van der Waals surface area contributed by atoms with E-state index >= 15 is 0 Å². The second-order valence-corrected chi connectivity index (χ2v) is 4.61. The van der Waals surface area contributed by atoms with E-state index in [0.29, 0.717) is 12.4 Å². The van der Waals surface area contributed by atoms with Crippen molar-refractivity contribution in [3.05, 3.63) is 48.0 Å². The van der Waals surface area contributed by atoms with Crippen molar-refractivity contribution in [1.29, 1.82) is 0 Å². The second-order valence-electron chi connectivity index (χ2n) is 4.61. The minimum absolute atomic E-state index is 0.0683. The van der Waals surface area contributed by atoms with Gasteiger partial charge >= 0.3 is 0 Å². The van der Waals surface area contributed by atoms with E-state index in [9.17, 15) is 0 Å². The van der Waals surface area contributed by atoms with E-state index in [1.165, 1.54) is 0 Å². The predicted octanol–water partition coefficient (Wildman–Crippen LogP) is 1.95. The van der Waals surface area contributed by atoms with E-state index in [0.717, 1.165) is 23.5 Å². The van der Waals surface area contributed by atoms with Crippen LogP contribution in [-0.2, 0) is 13.0 Å². The summed E-state index contributed by atoms with van der Waals surface area (Å²) in [6.45, 7) is 2.29. The lowest BCUT2D eigenvalue weighted by Gasteiger charge is -2.14. The SMILES string of the molecule is COc1ccc(CC(C)N)c(OCc2ncccn2)c1. The first-order chi connectivity index (χ1) is 9.69. The van der Waals surface area contributed by atoms with Gasteiger partial charge in [-0.1, -0.05) is 6.07 Å². The number of rotatable bonds is 6. The summed E-state index contributed by atoms with van der Waals surface area (Å²) in [6, 6.07) is 7.59. The molecule has 0 amide bonds. The van der Waals surface area contributed by atoms with Gasteiger partial charge in [0.05, 0.1) is 7.11 Å². The Hall–Kier alpha value is -2.14. The van der Waals surface area contributed by atoms with Crippen molar-refractivity contribution in [1.82, 2.24) is 9.97 Å². The largest absolute Gasteiger partial charge is 0.497 e. The number of nitrogens with two attached hydrogens (primary N) is 1. The van der Waals surface area contributed by atoms with Gasteiger partial charge in [0.2, 0.25) is 0 Å². The number of nitrogens with zero attached hydrogens (tertiary/aromatic N) is 2. The maximum absolute atomic E-state index is 5.86. The van der Waals surface area contributed by atoms with Crippen molar-refractivity contribution < 1.29 is 9.47 Å². The Morgan fingerprint density at radius 2 is 2.00 bits per heavy atom. The van der Waals surface area contributed by atoms with Crippen LogP contribution in [0.4, 0.5) is 0 Å². The monoisotopic (exact) mass is 273 g/mol. The highest BCUT2D eigenvalue weighted by molar-refractivity contribution is 5.41. The van der Waals surface area contributed by atoms with Crippen molar-refractivity contribution in [2.75, 3.05) is 7.11 Å². The zero-order valence-electron chi connectivity index (χ0n) is 11.7. The first-order valence-electron chi connectivity index (χ1n) is 6.50. The molecule has 2 N–H and O–H groups in total. The fraction of sp³-hybridized carbons (Fsp3) is 0.333. The molecule has 0 aliphatic carbocycles. The summed E-state index contributed by atoms with van der Waals surface area (Å²) in [5, 5.41) is 0. The van der Waals surface area contributed by atoms with E-state index in [4.69, 9.17) is 15.2 Å². The molecule has 5 nitrogen and oxygen atoms in total. The lowest BCUT2D eigenvalue weighted by atomic mass is 10.1. The van der Waals surface area contributed by atoms with Gasteiger partial charge in [-0.15, -0.1) is 0 Å². The molecule has 5 heteroatoms. The van der Waals surface area contributed by atoms with E-state index in [-0.39, 0.29) is 6.04 Å². The molecule has 0 aliphatic rings. The van der Waals surface area contributed by atoms with Gasteiger partial charge in [0.1, 0.15) is 18.1 Å². The first kappa shape index (κ1) is 14.3. The van der Waals surface area contributed by atoms with E-state index in [1.807, 2.05) is 25.1 Å². The van der Waals surface area contributed by atoms with Crippen LogP contribution in [0.3, 0.4) is 0 Å². The summed E-state index contributed by atoms with van der Waals surface area (Å²) in [6.07, 6.45) is 4.13. The van der Waals surface area contributed by atoms with Gasteiger partial charge in [0.15, 0.2) is 5.82 Å². The molecule has 0 saturated carbocycles. The summed E-state index contributed by atoms with van der Waals surface area (Å²) >= 11 is 0. The van der Waals surface area contributed by atoms with Gasteiger partial charge in [0, 0.05) is 24.5 Å². The van der Waals surface area contributed by atoms with Crippen molar-refractivity contribution in [3.8, 4) is 11.5 Å². The lowest BCUT2D eigenvalue weighted by Crippen LogP contribution is -2.18. The fourth-order valence-electron chi connectivity index (χ4n) is 1.86. The smallest absolute Gasteiger partial charge is 0.166 e. The Balaban J connectivity index is 2.15. The van der Waals surface area contributed by atoms with Crippen LogP contribution in [0, 0.1) is 0 Å². The first-order valence-corrected chi connectivity index (χ1v) is 6.50. The third-order valence-corrected chi connectivity index (χ3v) is 2.79. The van der Waals surface area contributed by atoms with Crippen LogP contribution in [0.5, 0.6) is 11.5 Å². The summed E-state index contributed by atoms with van der Waals surface area (Å²) in [5.74, 6) is 2.15. The third kappa shape index (κ3) is 3.93. The normalized spacial score (nSPS) is 11.9. The lowest BCUT2D eigenvalue weighted by molar-refractivity contribution is 0.290. The van der Waals surface area contributed by atoms with Crippen LogP contribution < -0.4 is 15.2 Å². The Morgan fingerprint density at radius 1 is 1.25 bits per heavy atom. The highest BCUT2D eigenvalue weighted by atomic mass is 16.5. The minimum Gasteiger partial charge on any atom is -0.497 e. The van der Waals surface area contributed by atoms with Crippen LogP contribution in [0.1, 0.15) is 18.3 Å². The van der Waals surface area contributed by atoms with Crippen molar-refractivity contribution in [3.63, 3.8) is 0 Å². The van der Waals surface area contributed by atoms with E-state index in [1.54, 1.807) is 25.6 Å². The summed E-state index contributed by atoms with van der Waals surface area (Å²) in [7, 11) is 1.63. The molecule has 1 heterocycles. The molecule has 20 heavy (non-hydrogen) atoms. The fourth-order valence-corrected chi connectivity index (χ4v) is 1.86. The molecule has 2 rings (SSSR count). The highest BCUT2D eigenvalue weighted by Gasteiger charge is 2.09. The van der Waals surface area contributed by atoms with Gasteiger partial charge in [-0.2, -0.15) is 0 Å². The topological polar surface area (TPSA) is 70.3 Å². The van der Waals surface area contributed by atoms with Crippen LogP contribution in [0.2, 0.25) is 0 Å². The van der Waals surface area contributed by atoms with Gasteiger partial charge in [-0.3, -0.25) is 0 Å². The number of benzene rings is 1. The maximum atomic E-state index is 5.86. The predicted molar refractivity (Wildman–Crippen MR) is 76.7 cm³/mol. The standard InChI is InChI=1S/C15H19N3O2/c1-11(16)8-12-4-5-13(19-2)9-14(12)20-10-15-17-6-3-7-18-15/h3-7,9,11H,8,10,16H2,1-2H3. The van der Waals surface area contributed by atoms with Crippen LogP contribution >= 0.6 is 0 Å². The highest BCUT2D eigenvalue weighted by Crippen LogP contribution is 2.26. The van der Waals surface area contributed by atoms with Crippen molar-refractivity contribution in [2.45, 2.75) is 26.0 Å². The number of methoxy groups -OCH3 is 1. The number of ether oxygens (including phenoxy) is 2. The number of hydrogen-bond acceptors (Lipinski definition) is 5. The minimum atomic E-state index is 0.0683. The quantitative estimate of drug-likeness (QED) is 0.871. The van der Waals surface area contributed by atoms with E-state index in [2.05, 4.69) is 9.97 Å². The molecule has 0 bridgehead atoms. The van der Waals surface area contributed by atoms with Gasteiger partial charge in [-0.25, -0.2) is 9.97 Å². The molecule has 1 atom stereocenters. The molecule has 0 aliphatic heterocycles. The van der Waals surface area contributed by atoms with E-state index < -0.39 is 0 Å². The Labute approximate surface area is 118 Å². The van der Waals surface area contributed by atoms with Crippen LogP contribution in [0.25, 0.3) is 0 Å². The van der Waals surface area contributed by atoms with Crippen LogP contribution in [0.15, 0.2) is 36.7 Å². The molecule has 1 aromatic carbocycles. The maximum Gasteiger partial charge on any atom is 0.166 e. The number of hydrogen-bond donors (Lipinski definition) is 1. The molecule has 0 fully saturated rings. The third-order valence-electron chi connectivity index (χ3n) is 2.79. The zero-order chi connectivity index (χ0) is 14.4. The average Bonchev–Trinajstić information content (AvgIpc) is 2.47. The molecule has 2 aromatic rings. The van der Waals surface area contributed by atoms with Gasteiger partial charge in [0.25, 0.3) is 0 Å². The summed E-state index contributed by atoms with van der Waals surface area (Å²) in [4.78, 5) is 8.27. The second kappa shape index (κ2) is 6.86. The Bertz CT molecular complexity index is 544. The molecule has 0 spiro atoms. The Kier molecular flexibility index (Phi) is 4.90. The van der Waals surface area contributed by atoms with Gasteiger partial charge in [-0.05, 0) is 31.0 Å². The molecular weight excluding hydrogens is 254 g/mol. The van der Waals surface area contributed by atoms with Crippen molar-refractivity contribution in [2.24, 2.45) is 5.73 Å². The number of aromatic nitrogens is 2. The molecule has 1 unspecified atom stereocenters. The van der Waals surface area contributed by atoms with Gasteiger partial charge < -0.3 is 15.2 Å². The molecular formula is C15H19N3O2.